The van der Waals surface area contributed by atoms with Crippen LogP contribution in [0.25, 0.3) is 0 Å². The molecular formula is C21H20O4S. The van der Waals surface area contributed by atoms with Crippen LogP contribution >= 0.6 is 0 Å². The van der Waals surface area contributed by atoms with Crippen molar-refractivity contribution in [3.8, 4) is 0 Å². The summed E-state index contributed by atoms with van der Waals surface area (Å²) in [6.45, 7) is 1.83. The summed E-state index contributed by atoms with van der Waals surface area (Å²) in [5.74, 6) is -0.612. The summed E-state index contributed by atoms with van der Waals surface area (Å²) in [7, 11) is -5.51. The summed E-state index contributed by atoms with van der Waals surface area (Å²) in [4.78, 5) is 13.0. The van der Waals surface area contributed by atoms with Gasteiger partial charge >= 0.3 is 0 Å². The minimum absolute atomic E-state index is 0.175. The molecule has 0 bridgehead atoms. The van der Waals surface area contributed by atoms with E-state index in [1.54, 1.807) is 72.8 Å². The first-order chi connectivity index (χ1) is 12.3. The van der Waals surface area contributed by atoms with Crippen LogP contribution in [0.5, 0.6) is 0 Å². The Morgan fingerprint density at radius 2 is 1.31 bits per heavy atom. The largest absolute Gasteiger partial charge is 0.303 e. The highest BCUT2D eigenvalue weighted by Crippen LogP contribution is 2.45. The number of ketones is 1. The Hall–Kier alpha value is -2.60. The van der Waals surface area contributed by atoms with Crippen LogP contribution in [0.2, 0.25) is 0 Å². The van der Waals surface area contributed by atoms with Crippen LogP contribution in [-0.4, -0.2) is 19.1 Å². The van der Waals surface area contributed by atoms with Gasteiger partial charge in [-0.3, -0.25) is 4.79 Å². The summed E-state index contributed by atoms with van der Waals surface area (Å²) >= 11 is 0. The summed E-state index contributed by atoms with van der Waals surface area (Å²) in [6, 6.07) is 22.5. The fourth-order valence-corrected chi connectivity index (χ4v) is 4.99. The van der Waals surface area contributed by atoms with E-state index in [2.05, 4.69) is 0 Å². The summed E-state index contributed by atoms with van der Waals surface area (Å²) < 4.78 is 35.5. The zero-order chi connectivity index (χ0) is 18.8. The lowest BCUT2D eigenvalue weighted by atomic mass is 10.0. The topological polar surface area (TPSA) is 74.6 Å². The molecule has 1 atom stereocenters. The van der Waals surface area contributed by atoms with Crippen molar-refractivity contribution in [3.63, 3.8) is 0 Å². The number of carbonyl (C=O) groups excluding carboxylic acids is 1. The predicted octanol–water partition coefficient (Wildman–Crippen LogP) is 4.74. The molecule has 3 aromatic carbocycles. The Balaban J connectivity index is 2.22. The first kappa shape index (κ1) is 18.2. The molecule has 0 aromatic heterocycles. The van der Waals surface area contributed by atoms with Crippen molar-refractivity contribution >= 4 is 15.4 Å². The molecule has 134 valence electrons. The maximum absolute atomic E-state index is 13.5. The van der Waals surface area contributed by atoms with Crippen LogP contribution in [0.4, 0.5) is 0 Å². The van der Waals surface area contributed by atoms with Crippen molar-refractivity contribution in [1.82, 2.24) is 0 Å². The van der Waals surface area contributed by atoms with Gasteiger partial charge in [0.1, 0.15) is 14.9 Å². The normalized spacial score (nSPS) is 14.2. The molecule has 0 saturated carbocycles. The molecule has 2 N–H and O–H groups in total. The number of carbonyl (C=O) groups is 1. The van der Waals surface area contributed by atoms with Gasteiger partial charge in [0.05, 0.1) is 4.90 Å². The van der Waals surface area contributed by atoms with Crippen LogP contribution in [0.15, 0.2) is 89.8 Å². The number of hydrogen-bond acceptors (Lipinski definition) is 2. The van der Waals surface area contributed by atoms with Crippen molar-refractivity contribution in [3.05, 3.63) is 102 Å². The monoisotopic (exact) mass is 368 g/mol. The number of hydrogen-bond donors (Lipinski definition) is 2. The predicted molar refractivity (Wildman–Crippen MR) is 103 cm³/mol. The molecule has 0 radical (unpaired) electrons. The molecule has 26 heavy (non-hydrogen) atoms. The second-order valence-electron chi connectivity index (χ2n) is 6.26. The van der Waals surface area contributed by atoms with Gasteiger partial charge in [0.15, 0.2) is 5.78 Å². The van der Waals surface area contributed by atoms with E-state index in [1.165, 1.54) is 12.1 Å². The van der Waals surface area contributed by atoms with Gasteiger partial charge in [0.2, 0.25) is 0 Å². The average molecular weight is 368 g/mol. The van der Waals surface area contributed by atoms with Crippen molar-refractivity contribution in [2.75, 3.05) is 0 Å². The Morgan fingerprint density at radius 1 is 0.808 bits per heavy atom. The van der Waals surface area contributed by atoms with E-state index < -0.39 is 20.7 Å². The molecular weight excluding hydrogens is 348 g/mol. The number of aryl methyl sites for hydroxylation is 1. The van der Waals surface area contributed by atoms with Gasteiger partial charge in [-0.2, -0.15) is 0 Å². The highest BCUT2D eigenvalue weighted by Gasteiger charge is 2.48. The first-order valence-corrected chi connectivity index (χ1v) is 10.1. The van der Waals surface area contributed by atoms with Crippen LogP contribution in [0, 0.1) is 6.92 Å². The van der Waals surface area contributed by atoms with E-state index in [9.17, 15) is 18.1 Å². The molecule has 3 aromatic rings. The standard InChI is InChI=1S/C21H20O4S/c1-16-12-14-19(15-13-16)26(23,24,25)21(18-10-6-3-7-11-18)20(22)17-8-4-2-5-9-17/h2-15,21H,1H3,(H2,23,24,25). The first-order valence-electron chi connectivity index (χ1n) is 8.15. The molecule has 0 spiro atoms. The van der Waals surface area contributed by atoms with Crippen LogP contribution in [0.1, 0.15) is 26.7 Å². The smallest absolute Gasteiger partial charge is 0.185 e. The molecule has 4 nitrogen and oxygen atoms in total. The van der Waals surface area contributed by atoms with Crippen LogP contribution in [-0.2, 0) is 9.63 Å². The Kier molecular flexibility index (Phi) is 4.63. The summed E-state index contributed by atoms with van der Waals surface area (Å²) in [6.07, 6.45) is 0. The molecule has 0 heterocycles. The van der Waals surface area contributed by atoms with Crippen molar-refractivity contribution in [1.29, 1.82) is 0 Å². The number of benzene rings is 3. The summed E-state index contributed by atoms with van der Waals surface area (Å²) in [5, 5.41) is -1.63. The number of Topliss-reactive ketones (excluding diaryl/α,β-unsaturated/α-hetero) is 1. The Morgan fingerprint density at radius 3 is 1.85 bits per heavy atom. The Labute approximate surface area is 152 Å². The van der Waals surface area contributed by atoms with Gasteiger partial charge in [0.25, 0.3) is 0 Å². The van der Waals surface area contributed by atoms with E-state index in [0.717, 1.165) is 5.56 Å². The molecule has 0 aliphatic rings. The molecule has 0 saturated heterocycles. The molecule has 0 aliphatic carbocycles. The molecule has 0 aliphatic heterocycles. The third-order valence-electron chi connectivity index (χ3n) is 4.29. The fraction of sp³-hybridized carbons (Fsp3) is 0.0952. The fourth-order valence-electron chi connectivity index (χ4n) is 2.90. The van der Waals surface area contributed by atoms with E-state index in [4.69, 9.17) is 0 Å². The average Bonchev–Trinajstić information content (AvgIpc) is 2.63. The number of rotatable bonds is 5. The van der Waals surface area contributed by atoms with Crippen molar-refractivity contribution in [2.45, 2.75) is 17.1 Å². The lowest BCUT2D eigenvalue weighted by Crippen LogP contribution is -2.42. The second kappa shape index (κ2) is 6.61. The Bertz CT molecular complexity index is 974. The van der Waals surface area contributed by atoms with Gasteiger partial charge in [-0.15, -0.1) is 0 Å². The van der Waals surface area contributed by atoms with E-state index in [-0.39, 0.29) is 16.0 Å². The highest BCUT2D eigenvalue weighted by atomic mass is 32.3. The quantitative estimate of drug-likeness (QED) is 0.638. The maximum Gasteiger partial charge on any atom is 0.185 e. The molecule has 0 amide bonds. The molecule has 0 fully saturated rings. The van der Waals surface area contributed by atoms with Gasteiger partial charge < -0.3 is 9.11 Å². The highest BCUT2D eigenvalue weighted by molar-refractivity contribution is 8.11. The summed E-state index contributed by atoms with van der Waals surface area (Å²) in [5.41, 5.74) is 1.42. The molecule has 3 rings (SSSR count). The zero-order valence-electron chi connectivity index (χ0n) is 14.3. The van der Waals surface area contributed by atoms with Gasteiger partial charge in [0, 0.05) is 5.56 Å². The molecule has 5 heteroatoms. The zero-order valence-corrected chi connectivity index (χ0v) is 15.1. The third kappa shape index (κ3) is 3.37. The van der Waals surface area contributed by atoms with Crippen molar-refractivity contribution < 1.29 is 18.1 Å². The lowest BCUT2D eigenvalue weighted by molar-refractivity contribution is 0.0979. The minimum atomic E-state index is -5.51. The van der Waals surface area contributed by atoms with Gasteiger partial charge in [-0.25, -0.2) is 4.21 Å². The van der Waals surface area contributed by atoms with Gasteiger partial charge in [-0.05, 0) is 24.6 Å². The lowest BCUT2D eigenvalue weighted by Gasteiger charge is -2.38. The van der Waals surface area contributed by atoms with E-state index in [1.807, 2.05) is 6.92 Å². The van der Waals surface area contributed by atoms with E-state index in [0.29, 0.717) is 0 Å². The van der Waals surface area contributed by atoms with Gasteiger partial charge in [-0.1, -0.05) is 78.4 Å². The SMILES string of the molecule is Cc1ccc(S(=O)(O)(O)C(C(=O)c2ccccc2)c2ccccc2)cc1. The van der Waals surface area contributed by atoms with Crippen LogP contribution in [0.3, 0.4) is 0 Å². The second-order valence-corrected chi connectivity index (χ2v) is 9.04. The van der Waals surface area contributed by atoms with Crippen LogP contribution < -0.4 is 0 Å². The molecule has 1 unspecified atom stereocenters. The maximum atomic E-state index is 13.5. The van der Waals surface area contributed by atoms with E-state index >= 15 is 0 Å². The minimum Gasteiger partial charge on any atom is -0.303 e. The third-order valence-corrected chi connectivity index (χ3v) is 6.78. The van der Waals surface area contributed by atoms with Crippen molar-refractivity contribution in [2.24, 2.45) is 0 Å².